The second kappa shape index (κ2) is 5.34. The smallest absolute Gasteiger partial charge is 0.119 e. The molecule has 3 nitrogen and oxygen atoms in total. The summed E-state index contributed by atoms with van der Waals surface area (Å²) >= 11 is 6.35. The Balaban J connectivity index is 2.55. The Labute approximate surface area is 115 Å². The van der Waals surface area contributed by atoms with Gasteiger partial charge in [0.1, 0.15) is 16.9 Å². The van der Waals surface area contributed by atoms with Gasteiger partial charge < -0.3 is 4.74 Å². The van der Waals surface area contributed by atoms with Gasteiger partial charge in [-0.3, -0.25) is 5.41 Å². The van der Waals surface area contributed by atoms with Crippen molar-refractivity contribution >= 4 is 38.8 Å². The maximum atomic E-state index is 9.17. The predicted molar refractivity (Wildman–Crippen MR) is 78.1 cm³/mol. The summed E-state index contributed by atoms with van der Waals surface area (Å²) in [4.78, 5) is 0. The molecule has 0 spiro atoms. The zero-order chi connectivity index (χ0) is 13.1. The molecule has 5 heteroatoms. The third-order valence-electron chi connectivity index (χ3n) is 2.60. The molecule has 1 aromatic carbocycles. The highest BCUT2D eigenvalue weighted by Crippen LogP contribution is 2.35. The SMILES string of the molecule is COc1cccc(C2=C(C#N)C(=N)SC(=S)C2)c1. The van der Waals surface area contributed by atoms with Crippen molar-refractivity contribution in [1.82, 2.24) is 0 Å². The predicted octanol–water partition coefficient (Wildman–Crippen LogP) is 3.41. The quantitative estimate of drug-likeness (QED) is 0.840. The highest BCUT2D eigenvalue weighted by Gasteiger charge is 2.23. The number of benzene rings is 1. The molecule has 1 aliphatic heterocycles. The number of nitriles is 1. The molecule has 1 heterocycles. The van der Waals surface area contributed by atoms with Crippen LogP contribution in [0.15, 0.2) is 29.8 Å². The van der Waals surface area contributed by atoms with Crippen molar-refractivity contribution in [3.63, 3.8) is 0 Å². The van der Waals surface area contributed by atoms with E-state index in [2.05, 4.69) is 6.07 Å². The summed E-state index contributed by atoms with van der Waals surface area (Å²) in [7, 11) is 1.60. The lowest BCUT2D eigenvalue weighted by molar-refractivity contribution is 0.414. The fraction of sp³-hybridized carbons (Fsp3) is 0.154. The van der Waals surface area contributed by atoms with Gasteiger partial charge in [-0.2, -0.15) is 5.26 Å². The molecule has 0 radical (unpaired) electrons. The molecule has 1 N–H and O–H groups in total. The first-order valence-electron chi connectivity index (χ1n) is 5.23. The van der Waals surface area contributed by atoms with Crippen LogP contribution >= 0.6 is 24.0 Å². The van der Waals surface area contributed by atoms with Crippen molar-refractivity contribution in [2.75, 3.05) is 7.11 Å². The van der Waals surface area contributed by atoms with Gasteiger partial charge in [0, 0.05) is 6.42 Å². The van der Waals surface area contributed by atoms with Crippen LogP contribution < -0.4 is 4.74 Å². The van der Waals surface area contributed by atoms with E-state index in [1.807, 2.05) is 24.3 Å². The first kappa shape index (κ1) is 12.8. The molecular formula is C13H10N2OS2. The number of rotatable bonds is 2. The number of allylic oxidation sites excluding steroid dienone is 1. The monoisotopic (exact) mass is 274 g/mol. The summed E-state index contributed by atoms with van der Waals surface area (Å²) in [5.74, 6) is 0.730. The third-order valence-corrected chi connectivity index (χ3v) is 3.77. The average molecular weight is 274 g/mol. The second-order valence-electron chi connectivity index (χ2n) is 3.68. The van der Waals surface area contributed by atoms with E-state index in [1.54, 1.807) is 7.11 Å². The molecule has 0 amide bonds. The number of hydrogen-bond acceptors (Lipinski definition) is 5. The fourth-order valence-electron chi connectivity index (χ4n) is 1.75. The van der Waals surface area contributed by atoms with E-state index in [-0.39, 0.29) is 5.04 Å². The molecule has 0 aromatic heterocycles. The lowest BCUT2D eigenvalue weighted by Gasteiger charge is -2.17. The van der Waals surface area contributed by atoms with Crippen molar-refractivity contribution in [3.05, 3.63) is 35.4 Å². The Morgan fingerprint density at radius 2 is 2.28 bits per heavy atom. The number of thioether (sulfide) groups is 1. The van der Waals surface area contributed by atoms with Crippen LogP contribution in [0.3, 0.4) is 0 Å². The van der Waals surface area contributed by atoms with Crippen LogP contribution in [-0.4, -0.2) is 16.4 Å². The summed E-state index contributed by atoms with van der Waals surface area (Å²) in [6, 6.07) is 9.57. The number of hydrogen-bond donors (Lipinski definition) is 1. The normalized spacial score (nSPS) is 15.6. The van der Waals surface area contributed by atoms with Crippen LogP contribution in [0.5, 0.6) is 5.75 Å². The van der Waals surface area contributed by atoms with Gasteiger partial charge in [0.25, 0.3) is 0 Å². The summed E-state index contributed by atoms with van der Waals surface area (Å²) in [6.07, 6.45) is 0.540. The van der Waals surface area contributed by atoms with Gasteiger partial charge in [-0.15, -0.1) is 0 Å². The number of thiocarbonyl (C=S) groups is 1. The average Bonchev–Trinajstić information content (AvgIpc) is 2.38. The van der Waals surface area contributed by atoms with Gasteiger partial charge in [-0.1, -0.05) is 36.1 Å². The van der Waals surface area contributed by atoms with Crippen molar-refractivity contribution in [2.45, 2.75) is 6.42 Å². The Kier molecular flexibility index (Phi) is 3.80. The standard InChI is InChI=1S/C13H10N2OS2/c1-16-9-4-2-3-8(5-9)10-6-12(17)18-13(15)11(10)7-14/h2-5,15H,6H2,1H3. The molecule has 90 valence electrons. The molecule has 0 fully saturated rings. The van der Waals surface area contributed by atoms with Crippen molar-refractivity contribution in [1.29, 1.82) is 10.7 Å². The van der Waals surface area contributed by atoms with Gasteiger partial charge in [-0.05, 0) is 23.3 Å². The minimum Gasteiger partial charge on any atom is -0.497 e. The Morgan fingerprint density at radius 1 is 1.50 bits per heavy atom. The molecule has 1 aliphatic rings. The number of methoxy groups -OCH3 is 1. The van der Waals surface area contributed by atoms with E-state index in [0.717, 1.165) is 21.1 Å². The minimum absolute atomic E-state index is 0.228. The van der Waals surface area contributed by atoms with Gasteiger partial charge in [-0.25, -0.2) is 0 Å². The van der Waals surface area contributed by atoms with Crippen molar-refractivity contribution in [2.24, 2.45) is 0 Å². The zero-order valence-electron chi connectivity index (χ0n) is 9.69. The first-order valence-corrected chi connectivity index (χ1v) is 6.45. The van der Waals surface area contributed by atoms with Crippen LogP contribution in [0.25, 0.3) is 5.57 Å². The van der Waals surface area contributed by atoms with E-state index < -0.39 is 0 Å². The molecular weight excluding hydrogens is 264 g/mol. The molecule has 0 aliphatic carbocycles. The third kappa shape index (κ3) is 2.45. The molecule has 2 rings (SSSR count). The molecule has 0 saturated carbocycles. The van der Waals surface area contributed by atoms with Crippen LogP contribution in [-0.2, 0) is 0 Å². The fourth-order valence-corrected chi connectivity index (χ4v) is 2.86. The van der Waals surface area contributed by atoms with E-state index in [9.17, 15) is 0 Å². The number of nitrogens with zero attached hydrogens (tertiary/aromatic N) is 1. The topological polar surface area (TPSA) is 56.9 Å². The molecule has 0 unspecified atom stereocenters. The highest BCUT2D eigenvalue weighted by molar-refractivity contribution is 8.33. The van der Waals surface area contributed by atoms with Gasteiger partial charge >= 0.3 is 0 Å². The number of ether oxygens (including phenoxy) is 1. The van der Waals surface area contributed by atoms with E-state index in [1.165, 1.54) is 11.8 Å². The van der Waals surface area contributed by atoms with Crippen molar-refractivity contribution in [3.8, 4) is 11.8 Å². The van der Waals surface area contributed by atoms with Gasteiger partial charge in [0.2, 0.25) is 0 Å². The molecule has 1 aromatic rings. The minimum atomic E-state index is 0.228. The van der Waals surface area contributed by atoms with Gasteiger partial charge in [0.15, 0.2) is 0 Å². The summed E-state index contributed by atoms with van der Waals surface area (Å²) in [6.45, 7) is 0. The molecule has 0 saturated heterocycles. The maximum absolute atomic E-state index is 9.17. The lowest BCUT2D eigenvalue weighted by atomic mass is 9.98. The molecule has 18 heavy (non-hydrogen) atoms. The summed E-state index contributed by atoms with van der Waals surface area (Å²) < 4.78 is 5.89. The molecule has 0 atom stereocenters. The van der Waals surface area contributed by atoms with Crippen molar-refractivity contribution < 1.29 is 4.74 Å². The lowest BCUT2D eigenvalue weighted by Crippen LogP contribution is -2.10. The van der Waals surface area contributed by atoms with E-state index in [4.69, 9.17) is 27.6 Å². The molecule has 0 bridgehead atoms. The van der Waals surface area contributed by atoms with Crippen LogP contribution in [0.4, 0.5) is 0 Å². The Bertz CT molecular complexity index is 599. The Morgan fingerprint density at radius 3 is 2.94 bits per heavy atom. The van der Waals surface area contributed by atoms with E-state index in [0.29, 0.717) is 12.0 Å². The number of nitrogens with one attached hydrogen (secondary N) is 1. The summed E-state index contributed by atoms with van der Waals surface area (Å²) in [5.41, 5.74) is 2.10. The zero-order valence-corrected chi connectivity index (χ0v) is 11.3. The second-order valence-corrected chi connectivity index (χ2v) is 5.53. The largest absolute Gasteiger partial charge is 0.497 e. The highest BCUT2D eigenvalue weighted by atomic mass is 32.2. The van der Waals surface area contributed by atoms with Gasteiger partial charge in [0.05, 0.1) is 16.9 Å². The summed E-state index contributed by atoms with van der Waals surface area (Å²) in [5, 5.41) is 17.2. The van der Waals surface area contributed by atoms with Crippen LogP contribution in [0, 0.1) is 16.7 Å². The first-order chi connectivity index (χ1) is 8.65. The Hall–Kier alpha value is -1.64. The van der Waals surface area contributed by atoms with Crippen LogP contribution in [0.2, 0.25) is 0 Å². The van der Waals surface area contributed by atoms with Crippen LogP contribution in [0.1, 0.15) is 12.0 Å². The maximum Gasteiger partial charge on any atom is 0.119 e. The van der Waals surface area contributed by atoms with E-state index >= 15 is 0 Å².